The minimum Gasteiger partial charge on any atom is -0.496 e. The Hall–Kier alpha value is -1.31. The van der Waals surface area contributed by atoms with Gasteiger partial charge in [-0.25, -0.2) is 8.42 Å². The molecule has 8 heteroatoms. The number of aryl methyl sites for hydroxylation is 1. The molecule has 0 saturated carbocycles. The van der Waals surface area contributed by atoms with Crippen molar-refractivity contribution in [2.45, 2.75) is 17.7 Å². The van der Waals surface area contributed by atoms with Gasteiger partial charge in [-0.15, -0.1) is 0 Å². The zero-order valence-electron chi connectivity index (χ0n) is 12.2. The molecule has 0 N–H and O–H groups in total. The molecular formula is C14H18ClNO5S. The molecule has 1 aliphatic heterocycles. The Morgan fingerprint density at radius 1 is 1.36 bits per heavy atom. The van der Waals surface area contributed by atoms with E-state index in [1.807, 2.05) is 0 Å². The number of halogens is 1. The summed E-state index contributed by atoms with van der Waals surface area (Å²) in [5, 5.41) is 0. The van der Waals surface area contributed by atoms with Gasteiger partial charge < -0.3 is 14.4 Å². The molecule has 1 aliphatic rings. The molecule has 2 rings (SSSR count). The summed E-state index contributed by atoms with van der Waals surface area (Å²) in [7, 11) is 3.05. The van der Waals surface area contributed by atoms with Crippen molar-refractivity contribution < 1.29 is 22.7 Å². The van der Waals surface area contributed by atoms with E-state index in [0.29, 0.717) is 44.0 Å². The van der Waals surface area contributed by atoms with Gasteiger partial charge in [0.15, 0.2) is 0 Å². The zero-order chi connectivity index (χ0) is 16.2. The molecule has 1 fully saturated rings. The molecule has 0 aliphatic carbocycles. The summed E-state index contributed by atoms with van der Waals surface area (Å²) < 4.78 is 33.2. The van der Waals surface area contributed by atoms with Gasteiger partial charge >= 0.3 is 0 Å². The fraction of sp³-hybridized carbons (Fsp3) is 0.500. The molecule has 0 aromatic heterocycles. The number of benzene rings is 1. The van der Waals surface area contributed by atoms with Crippen molar-refractivity contribution in [3.63, 3.8) is 0 Å². The van der Waals surface area contributed by atoms with Crippen LogP contribution in [0.25, 0.3) is 0 Å². The topological polar surface area (TPSA) is 72.9 Å². The van der Waals surface area contributed by atoms with Crippen molar-refractivity contribution in [3.05, 3.63) is 23.8 Å². The maximum atomic E-state index is 12.1. The van der Waals surface area contributed by atoms with Crippen molar-refractivity contribution in [1.82, 2.24) is 4.90 Å². The molecule has 0 unspecified atom stereocenters. The number of methoxy groups -OCH3 is 1. The lowest BCUT2D eigenvalue weighted by Crippen LogP contribution is -2.40. The predicted octanol–water partition coefficient (Wildman–Crippen LogP) is 1.41. The van der Waals surface area contributed by atoms with Crippen LogP contribution in [0.2, 0.25) is 0 Å². The lowest BCUT2D eigenvalue weighted by Gasteiger charge is -2.27. The number of hydrogen-bond acceptors (Lipinski definition) is 5. The van der Waals surface area contributed by atoms with Gasteiger partial charge in [-0.3, -0.25) is 4.79 Å². The van der Waals surface area contributed by atoms with E-state index in [-0.39, 0.29) is 17.2 Å². The van der Waals surface area contributed by atoms with Gasteiger partial charge in [0.25, 0.3) is 9.05 Å². The summed E-state index contributed by atoms with van der Waals surface area (Å²) in [6.07, 6.45) is 0.668. The number of carbonyl (C=O) groups is 1. The summed E-state index contributed by atoms with van der Waals surface area (Å²) in [6, 6.07) is 4.38. The van der Waals surface area contributed by atoms with E-state index in [2.05, 4.69) is 0 Å². The summed E-state index contributed by atoms with van der Waals surface area (Å²) in [6.45, 7) is 2.28. The molecule has 1 aromatic carbocycles. The van der Waals surface area contributed by atoms with Gasteiger partial charge in [0.1, 0.15) is 5.75 Å². The van der Waals surface area contributed by atoms with Crippen LogP contribution < -0.4 is 4.74 Å². The normalized spacial score (nSPS) is 15.6. The molecule has 0 atom stereocenters. The quantitative estimate of drug-likeness (QED) is 0.753. The maximum absolute atomic E-state index is 12.1. The van der Waals surface area contributed by atoms with Crippen LogP contribution in [-0.2, 0) is 25.0 Å². The molecular weight excluding hydrogens is 330 g/mol. The van der Waals surface area contributed by atoms with E-state index in [1.165, 1.54) is 19.2 Å². The lowest BCUT2D eigenvalue weighted by atomic mass is 10.1. The Morgan fingerprint density at radius 2 is 2.05 bits per heavy atom. The highest BCUT2D eigenvalue weighted by Crippen LogP contribution is 2.25. The van der Waals surface area contributed by atoms with Crippen LogP contribution in [0.5, 0.6) is 5.75 Å². The minimum absolute atomic E-state index is 0.00351. The predicted molar refractivity (Wildman–Crippen MR) is 81.8 cm³/mol. The number of carbonyl (C=O) groups excluding carboxylic acids is 1. The van der Waals surface area contributed by atoms with E-state index in [0.717, 1.165) is 0 Å². The summed E-state index contributed by atoms with van der Waals surface area (Å²) in [4.78, 5) is 13.9. The number of ether oxygens (including phenoxy) is 2. The number of nitrogens with zero attached hydrogens (tertiary/aromatic N) is 1. The third kappa shape index (κ3) is 4.34. The Kier molecular flexibility index (Phi) is 5.66. The summed E-state index contributed by atoms with van der Waals surface area (Å²) >= 11 is 0. The Labute approximate surface area is 134 Å². The average molecular weight is 348 g/mol. The van der Waals surface area contributed by atoms with Gasteiger partial charge in [0.05, 0.1) is 25.2 Å². The smallest absolute Gasteiger partial charge is 0.261 e. The maximum Gasteiger partial charge on any atom is 0.261 e. The van der Waals surface area contributed by atoms with Crippen molar-refractivity contribution in [2.75, 3.05) is 33.4 Å². The van der Waals surface area contributed by atoms with Crippen molar-refractivity contribution in [2.24, 2.45) is 0 Å². The minimum atomic E-state index is -3.80. The highest BCUT2D eigenvalue weighted by Gasteiger charge is 2.18. The first-order valence-corrected chi connectivity index (χ1v) is 9.20. The lowest BCUT2D eigenvalue weighted by molar-refractivity contribution is -0.135. The first-order valence-electron chi connectivity index (χ1n) is 6.89. The van der Waals surface area contributed by atoms with Crippen LogP contribution in [0.4, 0.5) is 0 Å². The molecule has 0 bridgehead atoms. The van der Waals surface area contributed by atoms with Crippen LogP contribution in [0.15, 0.2) is 23.1 Å². The van der Waals surface area contributed by atoms with E-state index < -0.39 is 9.05 Å². The average Bonchev–Trinajstić information content (AvgIpc) is 2.52. The summed E-state index contributed by atoms with van der Waals surface area (Å²) in [5.41, 5.74) is 0.644. The molecule has 1 saturated heterocycles. The molecule has 1 aromatic rings. The third-order valence-electron chi connectivity index (χ3n) is 3.51. The van der Waals surface area contributed by atoms with Gasteiger partial charge in [-0.2, -0.15) is 0 Å². The molecule has 122 valence electrons. The van der Waals surface area contributed by atoms with Crippen LogP contribution in [-0.4, -0.2) is 52.6 Å². The SMILES string of the molecule is COc1ccc(S(=O)(=O)Cl)cc1CCC(=O)N1CCOCC1. The van der Waals surface area contributed by atoms with Crippen LogP contribution in [0, 0.1) is 0 Å². The Bertz CT molecular complexity index is 641. The first kappa shape index (κ1) is 17.1. The summed E-state index contributed by atoms with van der Waals surface area (Å²) in [5.74, 6) is 0.559. The van der Waals surface area contributed by atoms with Crippen molar-refractivity contribution >= 4 is 25.6 Å². The molecule has 1 heterocycles. The molecule has 0 radical (unpaired) electrons. The number of hydrogen-bond donors (Lipinski definition) is 0. The second-order valence-electron chi connectivity index (χ2n) is 4.90. The van der Waals surface area contributed by atoms with Gasteiger partial charge in [0, 0.05) is 30.2 Å². The number of amides is 1. The number of morpholine rings is 1. The standard InChI is InChI=1S/C14H18ClNO5S/c1-20-13-4-3-12(22(15,18)19)10-11(13)2-5-14(17)16-6-8-21-9-7-16/h3-4,10H,2,5-9H2,1H3. The zero-order valence-corrected chi connectivity index (χ0v) is 13.8. The first-order chi connectivity index (χ1) is 10.4. The number of rotatable bonds is 5. The van der Waals surface area contributed by atoms with E-state index in [1.54, 1.807) is 11.0 Å². The van der Waals surface area contributed by atoms with Gasteiger partial charge in [0.2, 0.25) is 5.91 Å². The Balaban J connectivity index is 2.09. The third-order valence-corrected chi connectivity index (χ3v) is 4.86. The van der Waals surface area contributed by atoms with Crippen LogP contribution in [0.3, 0.4) is 0 Å². The monoisotopic (exact) mass is 347 g/mol. The second-order valence-corrected chi connectivity index (χ2v) is 7.47. The van der Waals surface area contributed by atoms with Crippen LogP contribution >= 0.6 is 10.7 Å². The molecule has 6 nitrogen and oxygen atoms in total. The van der Waals surface area contributed by atoms with Crippen LogP contribution in [0.1, 0.15) is 12.0 Å². The highest BCUT2D eigenvalue weighted by atomic mass is 35.7. The van der Waals surface area contributed by atoms with E-state index >= 15 is 0 Å². The van der Waals surface area contributed by atoms with E-state index in [9.17, 15) is 13.2 Å². The van der Waals surface area contributed by atoms with Crippen molar-refractivity contribution in [3.8, 4) is 5.75 Å². The van der Waals surface area contributed by atoms with Gasteiger partial charge in [-0.05, 0) is 30.2 Å². The fourth-order valence-electron chi connectivity index (χ4n) is 2.31. The van der Waals surface area contributed by atoms with Gasteiger partial charge in [-0.1, -0.05) is 0 Å². The Morgan fingerprint density at radius 3 is 2.64 bits per heavy atom. The van der Waals surface area contributed by atoms with Crippen molar-refractivity contribution in [1.29, 1.82) is 0 Å². The van der Waals surface area contributed by atoms with E-state index in [4.69, 9.17) is 20.2 Å². The highest BCUT2D eigenvalue weighted by molar-refractivity contribution is 8.13. The molecule has 0 spiro atoms. The molecule has 1 amide bonds. The second kappa shape index (κ2) is 7.30. The largest absolute Gasteiger partial charge is 0.496 e. The molecule has 22 heavy (non-hydrogen) atoms. The fourth-order valence-corrected chi connectivity index (χ4v) is 3.12.